The van der Waals surface area contributed by atoms with Crippen LogP contribution in [0.15, 0.2) is 200 Å². The van der Waals surface area contributed by atoms with Gasteiger partial charge < -0.3 is 9.80 Å². The Labute approximate surface area is 360 Å². The van der Waals surface area contributed by atoms with Gasteiger partial charge in [0.15, 0.2) is 0 Å². The van der Waals surface area contributed by atoms with Crippen molar-refractivity contribution in [1.29, 1.82) is 0 Å². The second-order valence-electron chi connectivity index (χ2n) is 14.9. The quantitative estimate of drug-likeness (QED) is 0.129. The Kier molecular flexibility index (Phi) is 15.3. The first kappa shape index (κ1) is 43.0. The number of benzene rings is 8. The van der Waals surface area contributed by atoms with E-state index in [0.717, 1.165) is 30.6 Å². The molecule has 0 saturated heterocycles. The van der Waals surface area contributed by atoms with E-state index in [4.69, 9.17) is 0 Å². The molecule has 0 N–H and O–H groups in total. The van der Waals surface area contributed by atoms with Gasteiger partial charge in [-0.3, -0.25) is 0 Å². The minimum Gasteiger partial charge on any atom is -0.344 e. The fourth-order valence-corrected chi connectivity index (χ4v) is 7.70. The highest BCUT2D eigenvalue weighted by molar-refractivity contribution is 5.83. The highest BCUT2D eigenvalue weighted by Gasteiger charge is 2.17. The zero-order valence-electron chi connectivity index (χ0n) is 36.6. The van der Waals surface area contributed by atoms with Gasteiger partial charge in [-0.2, -0.15) is 0 Å². The maximum Gasteiger partial charge on any atom is 0.0467 e. The first-order valence-electron chi connectivity index (χ1n) is 21.6. The average Bonchev–Trinajstić information content (AvgIpc) is 3.31. The molecule has 2 heteroatoms. The van der Waals surface area contributed by atoms with Crippen LogP contribution in [0.1, 0.15) is 56.4 Å². The molecule has 0 unspecified atom stereocenters. The van der Waals surface area contributed by atoms with Gasteiger partial charge in [-0.15, -0.1) is 0 Å². The second-order valence-corrected chi connectivity index (χ2v) is 14.9. The number of aryl methyl sites for hydroxylation is 4. The smallest absolute Gasteiger partial charge is 0.0467 e. The Bertz CT molecular complexity index is 2520. The molecule has 0 heterocycles. The van der Waals surface area contributed by atoms with E-state index in [2.05, 4.69) is 239 Å². The molecule has 0 atom stereocenters. The number of anilines is 5. The summed E-state index contributed by atoms with van der Waals surface area (Å²) in [5, 5.41) is 0. The minimum atomic E-state index is 1.03. The van der Waals surface area contributed by atoms with E-state index in [0.29, 0.717) is 0 Å². The summed E-state index contributed by atoms with van der Waals surface area (Å²) in [5.74, 6) is 0. The van der Waals surface area contributed by atoms with Crippen LogP contribution in [0.2, 0.25) is 0 Å². The van der Waals surface area contributed by atoms with E-state index in [9.17, 15) is 0 Å². The predicted molar refractivity (Wildman–Crippen MR) is 263 cm³/mol. The standard InChI is InChI=1S/C42H39N.C14H15N.C2H6/c1-4-12-37-30-40(27-28-42(37)41-18-10-9-13-31(41)3)43(38-25-23-34(24-26-38)33-14-7-6-8-15-33)39-17-11-16-36(29-39)35-21-19-32(5-2)20-22-35;1-12-8-6-7-11-14(12)15(2)13-9-4-3-5-10-13;1-2/h6-11,13-30H,4-5,12H2,1-3H3;3-11H,1-2H3;1-2H3. The summed E-state index contributed by atoms with van der Waals surface area (Å²) in [6.45, 7) is 12.8. The van der Waals surface area contributed by atoms with E-state index >= 15 is 0 Å². The molecule has 8 aromatic carbocycles. The summed E-state index contributed by atoms with van der Waals surface area (Å²) in [4.78, 5) is 4.61. The summed E-state index contributed by atoms with van der Waals surface area (Å²) in [6, 6.07) is 72.0. The maximum atomic E-state index is 2.40. The van der Waals surface area contributed by atoms with Gasteiger partial charge in [0.1, 0.15) is 0 Å². The van der Waals surface area contributed by atoms with Crippen molar-refractivity contribution in [3.05, 3.63) is 222 Å². The average molecular weight is 785 g/mol. The first-order valence-corrected chi connectivity index (χ1v) is 21.6. The molecule has 0 aromatic heterocycles. The zero-order valence-corrected chi connectivity index (χ0v) is 36.6. The molecule has 0 bridgehead atoms. The molecule has 60 heavy (non-hydrogen) atoms. The van der Waals surface area contributed by atoms with E-state index in [-0.39, 0.29) is 0 Å². The molecule has 0 radical (unpaired) electrons. The molecular formula is C58H60N2. The van der Waals surface area contributed by atoms with Crippen molar-refractivity contribution in [1.82, 2.24) is 0 Å². The van der Waals surface area contributed by atoms with E-state index in [1.165, 1.54) is 72.7 Å². The lowest BCUT2D eigenvalue weighted by molar-refractivity contribution is 0.923. The van der Waals surface area contributed by atoms with E-state index < -0.39 is 0 Å². The molecule has 0 fully saturated rings. The lowest BCUT2D eigenvalue weighted by Gasteiger charge is -2.27. The molecule has 0 spiro atoms. The van der Waals surface area contributed by atoms with Crippen molar-refractivity contribution in [2.24, 2.45) is 0 Å². The summed E-state index contributed by atoms with van der Waals surface area (Å²) >= 11 is 0. The fourth-order valence-electron chi connectivity index (χ4n) is 7.70. The van der Waals surface area contributed by atoms with Crippen molar-refractivity contribution >= 4 is 28.4 Å². The van der Waals surface area contributed by atoms with Gasteiger partial charge in [0.2, 0.25) is 0 Å². The molecule has 8 rings (SSSR count). The van der Waals surface area contributed by atoms with Crippen LogP contribution in [0.5, 0.6) is 0 Å². The Morgan fingerprint density at radius 2 is 0.917 bits per heavy atom. The van der Waals surface area contributed by atoms with Crippen molar-refractivity contribution in [2.75, 3.05) is 16.8 Å². The molecule has 0 saturated carbocycles. The van der Waals surface area contributed by atoms with Crippen LogP contribution in [-0.4, -0.2) is 7.05 Å². The molecule has 0 aliphatic heterocycles. The van der Waals surface area contributed by atoms with Crippen molar-refractivity contribution in [2.45, 2.75) is 60.8 Å². The van der Waals surface area contributed by atoms with Crippen LogP contribution < -0.4 is 9.80 Å². The molecule has 2 nitrogen and oxygen atoms in total. The van der Waals surface area contributed by atoms with Crippen LogP contribution in [-0.2, 0) is 12.8 Å². The second kappa shape index (κ2) is 21.4. The van der Waals surface area contributed by atoms with Gasteiger partial charge in [-0.05, 0) is 137 Å². The van der Waals surface area contributed by atoms with Gasteiger partial charge in [0.05, 0.1) is 0 Å². The van der Waals surface area contributed by atoms with Crippen LogP contribution in [0.4, 0.5) is 28.4 Å². The zero-order chi connectivity index (χ0) is 42.3. The van der Waals surface area contributed by atoms with Gasteiger partial charge in [0.25, 0.3) is 0 Å². The van der Waals surface area contributed by atoms with Gasteiger partial charge in [-0.25, -0.2) is 0 Å². The molecule has 0 aliphatic rings. The third kappa shape index (κ3) is 10.5. The van der Waals surface area contributed by atoms with E-state index in [1.54, 1.807) is 0 Å². The summed E-state index contributed by atoms with van der Waals surface area (Å²) in [5.41, 5.74) is 18.8. The highest BCUT2D eigenvalue weighted by atomic mass is 15.1. The maximum absolute atomic E-state index is 2.40. The third-order valence-electron chi connectivity index (χ3n) is 11.0. The lowest BCUT2D eigenvalue weighted by atomic mass is 9.93. The minimum absolute atomic E-state index is 1.03. The Hall–Kier alpha value is -6.64. The van der Waals surface area contributed by atoms with Crippen LogP contribution >= 0.6 is 0 Å². The van der Waals surface area contributed by atoms with Crippen LogP contribution in [0.25, 0.3) is 33.4 Å². The predicted octanol–water partition coefficient (Wildman–Crippen LogP) is 16.8. The molecule has 302 valence electrons. The first-order chi connectivity index (χ1) is 29.4. The van der Waals surface area contributed by atoms with Crippen LogP contribution in [0.3, 0.4) is 0 Å². The summed E-state index contributed by atoms with van der Waals surface area (Å²) in [6.07, 6.45) is 3.17. The molecule has 0 aliphatic carbocycles. The number of hydrogen-bond donors (Lipinski definition) is 0. The topological polar surface area (TPSA) is 6.48 Å². The van der Waals surface area contributed by atoms with Crippen molar-refractivity contribution < 1.29 is 0 Å². The van der Waals surface area contributed by atoms with Crippen molar-refractivity contribution in [3.63, 3.8) is 0 Å². The number of rotatable bonds is 11. The fraction of sp³-hybridized carbons (Fsp3) is 0.172. The number of nitrogens with zero attached hydrogens (tertiary/aromatic N) is 2. The van der Waals surface area contributed by atoms with Crippen molar-refractivity contribution in [3.8, 4) is 33.4 Å². The Balaban J connectivity index is 0.000000297. The van der Waals surface area contributed by atoms with Gasteiger partial charge in [-0.1, -0.05) is 180 Å². The van der Waals surface area contributed by atoms with Crippen LogP contribution in [0, 0.1) is 13.8 Å². The van der Waals surface area contributed by atoms with Gasteiger partial charge in [0, 0.05) is 35.5 Å². The molecule has 8 aromatic rings. The third-order valence-corrected chi connectivity index (χ3v) is 11.0. The Morgan fingerprint density at radius 3 is 1.57 bits per heavy atom. The van der Waals surface area contributed by atoms with Gasteiger partial charge >= 0.3 is 0 Å². The summed E-state index contributed by atoms with van der Waals surface area (Å²) in [7, 11) is 2.09. The number of hydrogen-bond acceptors (Lipinski definition) is 2. The lowest BCUT2D eigenvalue weighted by Crippen LogP contribution is -2.11. The molecule has 0 amide bonds. The largest absolute Gasteiger partial charge is 0.344 e. The number of para-hydroxylation sites is 2. The molecular weight excluding hydrogens is 725 g/mol. The Morgan fingerprint density at radius 1 is 0.400 bits per heavy atom. The highest BCUT2D eigenvalue weighted by Crippen LogP contribution is 2.40. The summed E-state index contributed by atoms with van der Waals surface area (Å²) < 4.78 is 0. The normalized spacial score (nSPS) is 10.4. The van der Waals surface area contributed by atoms with E-state index in [1.807, 2.05) is 19.9 Å². The SMILES string of the molecule is CC.CCCc1cc(N(c2ccc(-c3ccccc3)cc2)c2cccc(-c3ccc(CC)cc3)c2)ccc1-c1ccccc1C.Cc1ccccc1N(C)c1ccccc1. The monoisotopic (exact) mass is 784 g/mol.